The minimum atomic E-state index is -0.0315. The molecule has 0 saturated carbocycles. The van der Waals surface area contributed by atoms with Crippen LogP contribution < -0.4 is 10.5 Å². The smallest absolute Gasteiger partial charge is 0.222 e. The second kappa shape index (κ2) is 10.6. The van der Waals surface area contributed by atoms with E-state index in [2.05, 4.69) is 39.0 Å². The Morgan fingerprint density at radius 3 is 2.54 bits per heavy atom. The second-order valence-corrected chi connectivity index (χ2v) is 7.19. The van der Waals surface area contributed by atoms with Crippen molar-refractivity contribution >= 4 is 18.3 Å². The summed E-state index contributed by atoms with van der Waals surface area (Å²) in [6.07, 6.45) is 2.29. The molecule has 0 aliphatic carbocycles. The Morgan fingerprint density at radius 2 is 1.92 bits per heavy atom. The summed E-state index contributed by atoms with van der Waals surface area (Å²) < 4.78 is 5.82. The zero-order valence-corrected chi connectivity index (χ0v) is 16.5. The van der Waals surface area contributed by atoms with Gasteiger partial charge in [-0.05, 0) is 55.8 Å². The molecule has 1 amide bonds. The van der Waals surface area contributed by atoms with Crippen molar-refractivity contribution < 1.29 is 9.53 Å². The summed E-state index contributed by atoms with van der Waals surface area (Å²) in [6, 6.07) is 6.21. The lowest BCUT2D eigenvalue weighted by Crippen LogP contribution is -2.39. The predicted molar refractivity (Wildman–Crippen MR) is 103 cm³/mol. The highest BCUT2D eigenvalue weighted by atomic mass is 35.5. The fourth-order valence-corrected chi connectivity index (χ4v) is 2.41. The summed E-state index contributed by atoms with van der Waals surface area (Å²) in [7, 11) is 1.85. The highest BCUT2D eigenvalue weighted by molar-refractivity contribution is 5.85. The molecular formula is C19H33ClN2O2. The van der Waals surface area contributed by atoms with E-state index in [0.717, 1.165) is 24.2 Å². The maximum Gasteiger partial charge on any atom is 0.222 e. The average molecular weight is 357 g/mol. The van der Waals surface area contributed by atoms with Gasteiger partial charge in [0.1, 0.15) is 5.75 Å². The fraction of sp³-hybridized carbons (Fsp3) is 0.632. The highest BCUT2D eigenvalue weighted by Crippen LogP contribution is 2.19. The molecule has 0 atom stereocenters. The van der Waals surface area contributed by atoms with Gasteiger partial charge in [0.15, 0.2) is 0 Å². The van der Waals surface area contributed by atoms with Gasteiger partial charge in [0.25, 0.3) is 0 Å². The third-order valence-corrected chi connectivity index (χ3v) is 4.03. The van der Waals surface area contributed by atoms with Gasteiger partial charge in [-0.25, -0.2) is 0 Å². The minimum Gasteiger partial charge on any atom is -0.493 e. The van der Waals surface area contributed by atoms with Crippen LogP contribution in [-0.4, -0.2) is 37.6 Å². The van der Waals surface area contributed by atoms with Gasteiger partial charge in [0.05, 0.1) is 6.61 Å². The standard InChI is InChI=1S/C19H32N2O2.ClH/c1-15-9-10-16(2)17(12-15)23-11-7-6-8-18(22)21(5)14-19(3,4)13-20;/h9-10,12H,6-8,11,13-14,20H2,1-5H3;1H. The Hall–Kier alpha value is -1.26. The van der Waals surface area contributed by atoms with E-state index in [-0.39, 0.29) is 23.7 Å². The highest BCUT2D eigenvalue weighted by Gasteiger charge is 2.20. The first-order valence-electron chi connectivity index (χ1n) is 8.39. The van der Waals surface area contributed by atoms with Crippen LogP contribution in [-0.2, 0) is 4.79 Å². The molecule has 5 heteroatoms. The Labute approximate surface area is 153 Å². The van der Waals surface area contributed by atoms with Crippen LogP contribution in [0.1, 0.15) is 44.2 Å². The summed E-state index contributed by atoms with van der Waals surface area (Å²) >= 11 is 0. The van der Waals surface area contributed by atoms with Crippen molar-refractivity contribution in [2.75, 3.05) is 26.7 Å². The number of benzene rings is 1. The van der Waals surface area contributed by atoms with E-state index in [0.29, 0.717) is 26.1 Å². The van der Waals surface area contributed by atoms with Gasteiger partial charge in [0, 0.05) is 20.0 Å². The van der Waals surface area contributed by atoms with Crippen molar-refractivity contribution in [3.05, 3.63) is 29.3 Å². The molecule has 138 valence electrons. The van der Waals surface area contributed by atoms with E-state index < -0.39 is 0 Å². The van der Waals surface area contributed by atoms with Crippen LogP contribution >= 0.6 is 12.4 Å². The van der Waals surface area contributed by atoms with Gasteiger partial charge < -0.3 is 15.4 Å². The molecule has 1 aromatic carbocycles. The van der Waals surface area contributed by atoms with Crippen molar-refractivity contribution in [3.63, 3.8) is 0 Å². The summed E-state index contributed by atoms with van der Waals surface area (Å²) in [4.78, 5) is 13.9. The molecule has 24 heavy (non-hydrogen) atoms. The van der Waals surface area contributed by atoms with Crippen molar-refractivity contribution in [3.8, 4) is 5.75 Å². The number of nitrogens with zero attached hydrogens (tertiary/aromatic N) is 1. The molecule has 0 aliphatic rings. The first-order chi connectivity index (χ1) is 10.7. The lowest BCUT2D eigenvalue weighted by molar-refractivity contribution is -0.131. The number of amides is 1. The SMILES string of the molecule is Cc1ccc(C)c(OCCCCC(=O)N(C)CC(C)(C)CN)c1.Cl. The van der Waals surface area contributed by atoms with Crippen LogP contribution in [0.4, 0.5) is 0 Å². The van der Waals surface area contributed by atoms with Gasteiger partial charge in [-0.3, -0.25) is 4.79 Å². The number of aryl methyl sites for hydroxylation is 2. The number of hydrogen-bond acceptors (Lipinski definition) is 3. The van der Waals surface area contributed by atoms with E-state index >= 15 is 0 Å². The molecular weight excluding hydrogens is 324 g/mol. The molecule has 0 saturated heterocycles. The molecule has 0 bridgehead atoms. The van der Waals surface area contributed by atoms with Crippen LogP contribution in [0.2, 0.25) is 0 Å². The molecule has 0 aromatic heterocycles. The number of ether oxygens (including phenoxy) is 1. The maximum atomic E-state index is 12.1. The molecule has 1 rings (SSSR count). The van der Waals surface area contributed by atoms with Crippen LogP contribution in [0.3, 0.4) is 0 Å². The normalized spacial score (nSPS) is 10.9. The predicted octanol–water partition coefficient (Wildman–Crippen LogP) is 3.72. The quantitative estimate of drug-likeness (QED) is 0.686. The Balaban J connectivity index is 0.00000529. The summed E-state index contributed by atoms with van der Waals surface area (Å²) in [5.74, 6) is 1.12. The topological polar surface area (TPSA) is 55.6 Å². The van der Waals surface area contributed by atoms with Crippen LogP contribution in [0, 0.1) is 19.3 Å². The molecule has 1 aromatic rings. The molecule has 0 unspecified atom stereocenters. The zero-order valence-electron chi connectivity index (χ0n) is 15.7. The van der Waals surface area contributed by atoms with Crippen molar-refractivity contribution in [1.82, 2.24) is 4.90 Å². The zero-order chi connectivity index (χ0) is 17.5. The Bertz CT molecular complexity index is 518. The monoisotopic (exact) mass is 356 g/mol. The third kappa shape index (κ3) is 8.02. The second-order valence-electron chi connectivity index (χ2n) is 7.19. The van der Waals surface area contributed by atoms with E-state index in [1.165, 1.54) is 5.56 Å². The molecule has 0 radical (unpaired) electrons. The van der Waals surface area contributed by atoms with Crippen molar-refractivity contribution in [2.24, 2.45) is 11.1 Å². The maximum absolute atomic E-state index is 12.1. The van der Waals surface area contributed by atoms with Crippen molar-refractivity contribution in [1.29, 1.82) is 0 Å². The number of carbonyl (C=O) groups excluding carboxylic acids is 1. The first kappa shape index (κ1) is 22.7. The van der Waals surface area contributed by atoms with Crippen molar-refractivity contribution in [2.45, 2.75) is 47.0 Å². The van der Waals surface area contributed by atoms with Gasteiger partial charge in [-0.15, -0.1) is 12.4 Å². The number of unbranched alkanes of at least 4 members (excludes halogenated alkanes) is 1. The van der Waals surface area contributed by atoms with Crippen LogP contribution in [0.5, 0.6) is 5.75 Å². The summed E-state index contributed by atoms with van der Waals surface area (Å²) in [6.45, 7) is 10.2. The molecule has 0 aliphatic heterocycles. The molecule has 2 N–H and O–H groups in total. The largest absolute Gasteiger partial charge is 0.493 e. The lowest BCUT2D eigenvalue weighted by atomic mass is 9.93. The third-order valence-electron chi connectivity index (χ3n) is 4.03. The summed E-state index contributed by atoms with van der Waals surface area (Å²) in [5, 5.41) is 0. The number of hydrogen-bond donors (Lipinski definition) is 1. The number of nitrogens with two attached hydrogens (primary N) is 1. The van der Waals surface area contributed by atoms with Gasteiger partial charge >= 0.3 is 0 Å². The van der Waals surface area contributed by atoms with E-state index in [9.17, 15) is 4.79 Å². The Kier molecular flexibility index (Phi) is 10.0. The number of rotatable bonds is 9. The molecule has 0 heterocycles. The van der Waals surface area contributed by atoms with Crippen LogP contribution in [0.15, 0.2) is 18.2 Å². The van der Waals surface area contributed by atoms with Crippen LogP contribution in [0.25, 0.3) is 0 Å². The molecule has 4 nitrogen and oxygen atoms in total. The Morgan fingerprint density at radius 1 is 1.25 bits per heavy atom. The van der Waals surface area contributed by atoms with E-state index in [4.69, 9.17) is 10.5 Å². The lowest BCUT2D eigenvalue weighted by Gasteiger charge is -2.29. The number of halogens is 1. The number of carbonyl (C=O) groups is 1. The van der Waals surface area contributed by atoms with E-state index in [1.54, 1.807) is 4.90 Å². The average Bonchev–Trinajstić information content (AvgIpc) is 2.49. The first-order valence-corrected chi connectivity index (χ1v) is 8.39. The fourth-order valence-electron chi connectivity index (χ4n) is 2.41. The molecule has 0 spiro atoms. The summed E-state index contributed by atoms with van der Waals surface area (Å²) in [5.41, 5.74) is 8.03. The van der Waals surface area contributed by atoms with E-state index in [1.807, 2.05) is 14.0 Å². The van der Waals surface area contributed by atoms with Gasteiger partial charge in [-0.1, -0.05) is 26.0 Å². The van der Waals surface area contributed by atoms with Gasteiger partial charge in [-0.2, -0.15) is 0 Å². The molecule has 0 fully saturated rings. The minimum absolute atomic E-state index is 0. The van der Waals surface area contributed by atoms with Gasteiger partial charge in [0.2, 0.25) is 5.91 Å².